The third-order valence-electron chi connectivity index (χ3n) is 5.14. The summed E-state index contributed by atoms with van der Waals surface area (Å²) in [5.41, 5.74) is 0. The molecule has 0 spiro atoms. The van der Waals surface area contributed by atoms with Crippen molar-refractivity contribution < 1.29 is 13.7 Å². The van der Waals surface area contributed by atoms with Gasteiger partial charge in [0.2, 0.25) is 7.29 Å². The van der Waals surface area contributed by atoms with Gasteiger partial charge in [0.25, 0.3) is 7.37 Å². The molecule has 0 amide bonds. The largest absolute Gasteiger partial charge is 0.321 e. The molecule has 0 heterocycles. The summed E-state index contributed by atoms with van der Waals surface area (Å²) in [7, 11) is -6.35. The summed E-state index contributed by atoms with van der Waals surface area (Å²) in [5, 5.41) is 5.94. The summed E-state index contributed by atoms with van der Waals surface area (Å²) in [4.78, 5) is 0. The minimum absolute atomic E-state index is 0.144. The Morgan fingerprint density at radius 2 is 0.875 bits per heavy atom. The van der Waals surface area contributed by atoms with Gasteiger partial charge in [0.05, 0.1) is 6.61 Å². The van der Waals surface area contributed by atoms with E-state index in [0.29, 0.717) is 10.6 Å². The predicted molar refractivity (Wildman–Crippen MR) is 133 cm³/mol. The molecule has 0 unspecified atom stereocenters. The summed E-state index contributed by atoms with van der Waals surface area (Å²) in [6, 6.07) is 37.2. The van der Waals surface area contributed by atoms with Crippen LogP contribution in [0.1, 0.15) is 0 Å². The normalized spacial score (nSPS) is 11.9. The summed E-state index contributed by atoms with van der Waals surface area (Å²) >= 11 is 0. The van der Waals surface area contributed by atoms with E-state index in [9.17, 15) is 9.13 Å². The van der Waals surface area contributed by atoms with Crippen LogP contribution in [0.25, 0.3) is 0 Å². The van der Waals surface area contributed by atoms with Crippen LogP contribution in [0.15, 0.2) is 121 Å². The van der Waals surface area contributed by atoms with Crippen molar-refractivity contribution in [1.82, 2.24) is 5.09 Å². The lowest BCUT2D eigenvalue weighted by molar-refractivity contribution is 0.331. The van der Waals surface area contributed by atoms with Gasteiger partial charge in [-0.2, -0.15) is 0 Å². The van der Waals surface area contributed by atoms with E-state index in [1.165, 1.54) is 0 Å². The fourth-order valence-corrected chi connectivity index (χ4v) is 7.86. The van der Waals surface area contributed by atoms with Gasteiger partial charge in [0.1, 0.15) is 0 Å². The molecule has 0 bridgehead atoms. The van der Waals surface area contributed by atoms with Gasteiger partial charge in [0, 0.05) is 27.8 Å². The maximum Gasteiger partial charge on any atom is 0.261 e. The van der Waals surface area contributed by atoms with Gasteiger partial charge < -0.3 is 4.52 Å². The second kappa shape index (κ2) is 10.3. The monoisotopic (exact) mass is 461 g/mol. The third-order valence-corrected chi connectivity index (χ3v) is 10.4. The number of nitrogens with one attached hydrogen (secondary N) is 1. The lowest BCUT2D eigenvalue weighted by Crippen LogP contribution is -2.30. The van der Waals surface area contributed by atoms with E-state index in [2.05, 4.69) is 5.09 Å². The third kappa shape index (κ3) is 4.85. The standard InChI is InChI=1S/C26H25NO3P2/c28-31(23-13-5-1-6-14-23,24-15-7-2-8-16-24)27-21-22-30-32(29,25-17-9-3-10-18-25)26-19-11-4-12-20-26/h1-20H,21-22H2,(H,27,28). The lowest BCUT2D eigenvalue weighted by Gasteiger charge is -2.23. The summed E-state index contributed by atoms with van der Waals surface area (Å²) in [5.74, 6) is 0. The second-order valence-electron chi connectivity index (χ2n) is 7.24. The topological polar surface area (TPSA) is 55.4 Å². The Bertz CT molecular complexity index is 1030. The molecular weight excluding hydrogens is 436 g/mol. The number of benzene rings is 4. The Kier molecular flexibility index (Phi) is 7.19. The molecule has 0 aliphatic carbocycles. The van der Waals surface area contributed by atoms with E-state index in [4.69, 9.17) is 4.52 Å². The maximum absolute atomic E-state index is 14.0. The zero-order valence-corrected chi connectivity index (χ0v) is 19.4. The van der Waals surface area contributed by atoms with Crippen molar-refractivity contribution in [2.45, 2.75) is 0 Å². The van der Waals surface area contributed by atoms with E-state index in [1.807, 2.05) is 121 Å². The minimum atomic E-state index is -3.28. The average molecular weight is 461 g/mol. The smallest absolute Gasteiger partial charge is 0.261 e. The van der Waals surface area contributed by atoms with E-state index in [0.717, 1.165) is 10.6 Å². The first kappa shape index (κ1) is 22.5. The van der Waals surface area contributed by atoms with Crippen molar-refractivity contribution in [3.8, 4) is 0 Å². The summed E-state index contributed by atoms with van der Waals surface area (Å²) in [6.07, 6.45) is 0. The molecule has 0 aliphatic heterocycles. The molecule has 0 radical (unpaired) electrons. The highest BCUT2D eigenvalue weighted by atomic mass is 31.2. The van der Waals surface area contributed by atoms with Gasteiger partial charge >= 0.3 is 0 Å². The Labute approximate surface area is 189 Å². The molecule has 6 heteroatoms. The molecule has 0 saturated carbocycles. The highest BCUT2D eigenvalue weighted by Crippen LogP contribution is 2.44. The summed E-state index contributed by atoms with van der Waals surface area (Å²) < 4.78 is 34.0. The molecular formula is C26H25NO3P2. The highest BCUT2D eigenvalue weighted by Gasteiger charge is 2.30. The first-order chi connectivity index (χ1) is 15.6. The Balaban J connectivity index is 1.55. The van der Waals surface area contributed by atoms with Gasteiger partial charge in [-0.15, -0.1) is 0 Å². The second-order valence-corrected chi connectivity index (χ2v) is 12.2. The van der Waals surface area contributed by atoms with Crippen molar-refractivity contribution in [2.75, 3.05) is 13.2 Å². The molecule has 4 nitrogen and oxygen atoms in total. The molecule has 0 fully saturated rings. The molecule has 0 aromatic heterocycles. The molecule has 0 aliphatic rings. The molecule has 4 aromatic carbocycles. The van der Waals surface area contributed by atoms with Gasteiger partial charge in [-0.3, -0.25) is 14.2 Å². The number of rotatable bonds is 9. The van der Waals surface area contributed by atoms with Crippen LogP contribution < -0.4 is 26.3 Å². The molecule has 32 heavy (non-hydrogen) atoms. The zero-order chi connectivity index (χ0) is 22.3. The van der Waals surface area contributed by atoms with E-state index in [1.54, 1.807) is 0 Å². The molecule has 4 aromatic rings. The Hall–Kier alpha value is -2.74. The Morgan fingerprint density at radius 3 is 1.25 bits per heavy atom. The fraction of sp³-hybridized carbons (Fsp3) is 0.0769. The van der Waals surface area contributed by atoms with Crippen molar-refractivity contribution in [1.29, 1.82) is 0 Å². The number of hydrogen-bond donors (Lipinski definition) is 1. The van der Waals surface area contributed by atoms with Gasteiger partial charge in [0.15, 0.2) is 0 Å². The van der Waals surface area contributed by atoms with Crippen LogP contribution in [0.4, 0.5) is 0 Å². The molecule has 4 rings (SSSR count). The summed E-state index contributed by atoms with van der Waals surface area (Å²) in [6.45, 7) is 0.426. The first-order valence-electron chi connectivity index (χ1n) is 10.5. The van der Waals surface area contributed by atoms with Crippen molar-refractivity contribution >= 4 is 35.9 Å². The van der Waals surface area contributed by atoms with Crippen LogP contribution in [-0.4, -0.2) is 13.2 Å². The van der Waals surface area contributed by atoms with Crippen LogP contribution in [0, 0.1) is 0 Å². The van der Waals surface area contributed by atoms with Gasteiger partial charge in [-0.1, -0.05) is 72.8 Å². The highest BCUT2D eigenvalue weighted by molar-refractivity contribution is 7.77. The average Bonchev–Trinajstić information content (AvgIpc) is 2.88. The van der Waals surface area contributed by atoms with Gasteiger partial charge in [-0.25, -0.2) is 0 Å². The SMILES string of the molecule is O=P(NCCOP(=O)(c1ccccc1)c1ccccc1)(c1ccccc1)c1ccccc1. The first-order valence-corrected chi connectivity index (χ1v) is 13.8. The predicted octanol–water partition coefficient (Wildman–Crippen LogP) is 4.45. The van der Waals surface area contributed by atoms with Crippen molar-refractivity contribution in [2.24, 2.45) is 0 Å². The van der Waals surface area contributed by atoms with Crippen molar-refractivity contribution in [3.63, 3.8) is 0 Å². The molecule has 0 saturated heterocycles. The van der Waals surface area contributed by atoms with E-state index in [-0.39, 0.29) is 13.2 Å². The van der Waals surface area contributed by atoms with Crippen LogP contribution in [-0.2, 0) is 13.7 Å². The molecule has 0 atom stereocenters. The van der Waals surface area contributed by atoms with E-state index >= 15 is 0 Å². The molecule has 1 N–H and O–H groups in total. The van der Waals surface area contributed by atoms with Crippen molar-refractivity contribution in [3.05, 3.63) is 121 Å². The number of hydrogen-bond acceptors (Lipinski definition) is 3. The lowest BCUT2D eigenvalue weighted by atomic mass is 10.4. The zero-order valence-electron chi connectivity index (χ0n) is 17.6. The fourth-order valence-electron chi connectivity index (χ4n) is 3.53. The minimum Gasteiger partial charge on any atom is -0.321 e. The van der Waals surface area contributed by atoms with Crippen LogP contribution >= 0.6 is 14.7 Å². The van der Waals surface area contributed by atoms with Crippen LogP contribution in [0.3, 0.4) is 0 Å². The quantitative estimate of drug-likeness (QED) is 0.296. The van der Waals surface area contributed by atoms with Crippen LogP contribution in [0.5, 0.6) is 0 Å². The van der Waals surface area contributed by atoms with Gasteiger partial charge in [-0.05, 0) is 48.5 Å². The maximum atomic E-state index is 14.0. The molecule has 162 valence electrons. The Morgan fingerprint density at radius 1 is 0.531 bits per heavy atom. The van der Waals surface area contributed by atoms with E-state index < -0.39 is 14.7 Å². The van der Waals surface area contributed by atoms with Crippen LogP contribution in [0.2, 0.25) is 0 Å².